The van der Waals surface area contributed by atoms with Crippen molar-refractivity contribution in [2.75, 3.05) is 56.2 Å². The molecule has 3 heterocycles. The van der Waals surface area contributed by atoms with Crippen LogP contribution in [0.15, 0.2) is 54.7 Å². The molecule has 5 rings (SSSR count). The van der Waals surface area contributed by atoms with Crippen molar-refractivity contribution in [1.82, 2.24) is 14.9 Å². The Balaban J connectivity index is 1.24. The number of anilines is 3. The first-order valence-electron chi connectivity index (χ1n) is 12.8. The van der Waals surface area contributed by atoms with Crippen molar-refractivity contribution in [3.8, 4) is 23.1 Å². The fourth-order valence-electron chi connectivity index (χ4n) is 4.67. The van der Waals surface area contributed by atoms with Gasteiger partial charge in [-0.25, -0.2) is 9.97 Å². The van der Waals surface area contributed by atoms with Crippen molar-refractivity contribution in [2.24, 2.45) is 0 Å². The van der Waals surface area contributed by atoms with Gasteiger partial charge in [0.25, 0.3) is 0 Å². The van der Waals surface area contributed by atoms with Crippen LogP contribution < -0.4 is 15.0 Å². The Hall–Kier alpha value is -4.20. The summed E-state index contributed by atoms with van der Waals surface area (Å²) in [5, 5.41) is 22.1. The largest absolute Gasteiger partial charge is 0.489 e. The highest BCUT2D eigenvalue weighted by Crippen LogP contribution is 2.29. The summed E-state index contributed by atoms with van der Waals surface area (Å²) in [5.74, 6) is 0.704. The van der Waals surface area contributed by atoms with E-state index in [0.29, 0.717) is 48.9 Å². The average molecular weight is 515 g/mol. The van der Waals surface area contributed by atoms with Gasteiger partial charge in [-0.3, -0.25) is 4.79 Å². The number of likely N-dealkylation sites (tertiary alicyclic amines) is 1. The molecule has 2 aliphatic heterocycles. The van der Waals surface area contributed by atoms with E-state index in [4.69, 9.17) is 14.6 Å². The van der Waals surface area contributed by atoms with Crippen molar-refractivity contribution < 1.29 is 19.4 Å². The van der Waals surface area contributed by atoms with Crippen LogP contribution in [0.3, 0.4) is 0 Å². The Morgan fingerprint density at radius 1 is 1.11 bits per heavy atom. The number of nitrogens with one attached hydrogen (secondary N) is 1. The summed E-state index contributed by atoms with van der Waals surface area (Å²) in [4.78, 5) is 24.6. The van der Waals surface area contributed by atoms with E-state index in [-0.39, 0.29) is 12.0 Å². The quantitative estimate of drug-likeness (QED) is 0.490. The van der Waals surface area contributed by atoms with Gasteiger partial charge >= 0.3 is 0 Å². The number of nitrogens with zero attached hydrogens (tertiary/aromatic N) is 5. The number of hydrogen-bond acceptors (Lipinski definition) is 9. The van der Waals surface area contributed by atoms with E-state index in [2.05, 4.69) is 38.4 Å². The van der Waals surface area contributed by atoms with E-state index in [1.54, 1.807) is 29.3 Å². The Kier molecular flexibility index (Phi) is 7.97. The molecule has 10 heteroatoms. The molecule has 0 unspecified atom stereocenters. The van der Waals surface area contributed by atoms with Gasteiger partial charge in [-0.1, -0.05) is 0 Å². The van der Waals surface area contributed by atoms with Crippen molar-refractivity contribution in [3.63, 3.8) is 0 Å². The number of aromatic nitrogens is 2. The highest BCUT2D eigenvalue weighted by atomic mass is 16.5. The van der Waals surface area contributed by atoms with Gasteiger partial charge in [0.2, 0.25) is 11.9 Å². The minimum Gasteiger partial charge on any atom is -0.489 e. The number of carbonyl (C=O) groups excluding carboxylic acids is 1. The molecule has 1 amide bonds. The van der Waals surface area contributed by atoms with Gasteiger partial charge in [0, 0.05) is 62.2 Å². The fourth-order valence-corrected chi connectivity index (χ4v) is 4.67. The van der Waals surface area contributed by atoms with Crippen LogP contribution in [0.4, 0.5) is 17.3 Å². The van der Waals surface area contributed by atoms with Gasteiger partial charge in [-0.05, 0) is 48.5 Å². The molecule has 38 heavy (non-hydrogen) atoms. The summed E-state index contributed by atoms with van der Waals surface area (Å²) in [6, 6.07) is 17.6. The lowest BCUT2D eigenvalue weighted by atomic mass is 10.1. The predicted octanol–water partition coefficient (Wildman–Crippen LogP) is 2.96. The molecule has 2 N–H and O–H groups in total. The smallest absolute Gasteiger partial charge is 0.248 e. The van der Waals surface area contributed by atoms with Gasteiger partial charge < -0.3 is 29.7 Å². The van der Waals surface area contributed by atoms with Gasteiger partial charge in [-0.15, -0.1) is 0 Å². The zero-order valence-corrected chi connectivity index (χ0v) is 21.0. The van der Waals surface area contributed by atoms with Crippen LogP contribution in [0.1, 0.15) is 18.4 Å². The minimum atomic E-state index is -0.479. The number of aliphatic hydroxyl groups is 1. The Morgan fingerprint density at radius 2 is 1.87 bits per heavy atom. The Morgan fingerprint density at radius 3 is 2.58 bits per heavy atom. The number of morpholine rings is 1. The number of amides is 1. The summed E-state index contributed by atoms with van der Waals surface area (Å²) in [7, 11) is 0. The van der Waals surface area contributed by atoms with Crippen molar-refractivity contribution >= 4 is 23.2 Å². The molecular formula is C28H30N6O4. The summed E-state index contributed by atoms with van der Waals surface area (Å²) >= 11 is 0. The highest BCUT2D eigenvalue weighted by Gasteiger charge is 2.24. The van der Waals surface area contributed by atoms with Crippen LogP contribution in [-0.4, -0.2) is 78.0 Å². The van der Waals surface area contributed by atoms with Crippen LogP contribution in [0.5, 0.6) is 5.75 Å². The summed E-state index contributed by atoms with van der Waals surface area (Å²) in [6.45, 7) is 3.83. The van der Waals surface area contributed by atoms with E-state index in [9.17, 15) is 10.1 Å². The topological polar surface area (TPSA) is 124 Å². The Bertz CT molecular complexity index is 1300. The number of ether oxygens (including phenoxy) is 2. The van der Waals surface area contributed by atoms with E-state index in [1.807, 2.05) is 18.2 Å². The van der Waals surface area contributed by atoms with Crippen LogP contribution in [-0.2, 0) is 9.53 Å². The van der Waals surface area contributed by atoms with Gasteiger partial charge in [0.15, 0.2) is 0 Å². The molecule has 2 aromatic carbocycles. The normalized spacial score (nSPS) is 16.1. The molecular weight excluding hydrogens is 484 g/mol. The third-order valence-corrected chi connectivity index (χ3v) is 6.77. The first kappa shape index (κ1) is 25.4. The maximum atomic E-state index is 11.7. The van der Waals surface area contributed by atoms with Gasteiger partial charge in [0.1, 0.15) is 24.5 Å². The lowest BCUT2D eigenvalue weighted by molar-refractivity contribution is -0.135. The molecule has 2 saturated heterocycles. The molecule has 0 atom stereocenters. The zero-order valence-electron chi connectivity index (χ0n) is 21.0. The third-order valence-electron chi connectivity index (χ3n) is 6.77. The fraction of sp³-hybridized carbons (Fsp3) is 0.357. The number of rotatable bonds is 7. The van der Waals surface area contributed by atoms with Crippen LogP contribution >= 0.6 is 0 Å². The van der Waals surface area contributed by atoms with E-state index in [1.165, 1.54) is 0 Å². The number of nitriles is 1. The minimum absolute atomic E-state index is 0.0971. The van der Waals surface area contributed by atoms with Crippen molar-refractivity contribution in [1.29, 1.82) is 5.26 Å². The molecule has 0 aliphatic carbocycles. The van der Waals surface area contributed by atoms with E-state index >= 15 is 0 Å². The van der Waals surface area contributed by atoms with Crippen LogP contribution in [0.25, 0.3) is 11.3 Å². The molecule has 196 valence electrons. The molecule has 3 aromatic rings. The standard InChI is InChI=1S/C28H30N6O4/c29-18-21-17-20(1-6-26(21)38-24-8-11-34(12-9-24)27(36)19-35)25-7-10-30-28(32-25)31-22-2-4-23(5-3-22)33-13-15-37-16-14-33/h1-7,10,17,24,35H,8-9,11-16,19H2,(H,30,31,32). The molecule has 2 aliphatic rings. The average Bonchev–Trinajstić information content (AvgIpc) is 2.98. The molecule has 0 bridgehead atoms. The maximum absolute atomic E-state index is 11.7. The highest BCUT2D eigenvalue weighted by molar-refractivity contribution is 5.77. The number of benzene rings is 2. The first-order chi connectivity index (χ1) is 18.6. The van der Waals surface area contributed by atoms with Crippen molar-refractivity contribution in [2.45, 2.75) is 18.9 Å². The lowest BCUT2D eigenvalue weighted by Gasteiger charge is -2.32. The summed E-state index contributed by atoms with van der Waals surface area (Å²) < 4.78 is 11.5. The van der Waals surface area contributed by atoms with E-state index in [0.717, 1.165) is 43.2 Å². The number of aliphatic hydroxyl groups excluding tert-OH is 1. The number of carbonyl (C=O) groups is 1. The van der Waals surface area contributed by atoms with Gasteiger partial charge in [-0.2, -0.15) is 5.26 Å². The third kappa shape index (κ3) is 6.02. The molecule has 2 fully saturated rings. The number of piperidine rings is 1. The molecule has 0 saturated carbocycles. The lowest BCUT2D eigenvalue weighted by Crippen LogP contribution is -2.42. The second-order valence-corrected chi connectivity index (χ2v) is 9.22. The number of hydrogen-bond donors (Lipinski definition) is 2. The molecule has 0 spiro atoms. The predicted molar refractivity (Wildman–Crippen MR) is 142 cm³/mol. The zero-order chi connectivity index (χ0) is 26.3. The SMILES string of the molecule is N#Cc1cc(-c2ccnc(Nc3ccc(N4CCOCC4)cc3)n2)ccc1OC1CCN(C(=O)CO)CC1. The maximum Gasteiger partial charge on any atom is 0.248 e. The van der Waals surface area contributed by atoms with Crippen LogP contribution in [0, 0.1) is 11.3 Å². The van der Waals surface area contributed by atoms with Crippen LogP contribution in [0.2, 0.25) is 0 Å². The molecule has 10 nitrogen and oxygen atoms in total. The molecule has 0 radical (unpaired) electrons. The first-order valence-corrected chi connectivity index (χ1v) is 12.8. The summed E-state index contributed by atoms with van der Waals surface area (Å²) in [6.07, 6.45) is 2.88. The second kappa shape index (κ2) is 11.9. The van der Waals surface area contributed by atoms with E-state index < -0.39 is 6.61 Å². The summed E-state index contributed by atoms with van der Waals surface area (Å²) in [5.41, 5.74) is 3.93. The van der Waals surface area contributed by atoms with Gasteiger partial charge in [0.05, 0.1) is 24.5 Å². The second-order valence-electron chi connectivity index (χ2n) is 9.22. The van der Waals surface area contributed by atoms with Crippen molar-refractivity contribution in [3.05, 3.63) is 60.3 Å². The Labute approximate surface area is 221 Å². The molecule has 1 aromatic heterocycles. The monoisotopic (exact) mass is 514 g/mol.